The predicted molar refractivity (Wildman–Crippen MR) is 65.5 cm³/mol. The van der Waals surface area contributed by atoms with Gasteiger partial charge in [-0.25, -0.2) is 0 Å². The second kappa shape index (κ2) is 10.1. The lowest BCUT2D eigenvalue weighted by molar-refractivity contribution is -0.143. The van der Waals surface area contributed by atoms with Gasteiger partial charge in [-0.05, 0) is 32.1 Å². The maximum Gasteiger partial charge on any atom is 0.305 e. The fourth-order valence-electron chi connectivity index (χ4n) is 1.64. The number of rotatable bonds is 10. The van der Waals surface area contributed by atoms with Gasteiger partial charge in [-0.3, -0.25) is 9.59 Å². The summed E-state index contributed by atoms with van der Waals surface area (Å²) in [7, 11) is 0. The summed E-state index contributed by atoms with van der Waals surface area (Å²) in [5.74, 6) is 0.350. The average Bonchev–Trinajstić information content (AvgIpc) is 2.29. The molecule has 0 amide bonds. The van der Waals surface area contributed by atoms with E-state index in [1.54, 1.807) is 6.92 Å². The summed E-state index contributed by atoms with van der Waals surface area (Å²) in [5.41, 5.74) is 0. The van der Waals surface area contributed by atoms with Gasteiger partial charge in [0.25, 0.3) is 6.47 Å². The molecule has 0 spiro atoms. The maximum absolute atomic E-state index is 11.1. The lowest BCUT2D eigenvalue weighted by atomic mass is 9.98. The van der Waals surface area contributed by atoms with Crippen molar-refractivity contribution in [2.45, 2.75) is 59.0 Å². The highest BCUT2D eigenvalue weighted by Crippen LogP contribution is 2.16. The molecular weight excluding hydrogens is 220 g/mol. The van der Waals surface area contributed by atoms with E-state index in [1.807, 2.05) is 0 Å². The van der Waals surface area contributed by atoms with E-state index in [2.05, 4.69) is 13.8 Å². The van der Waals surface area contributed by atoms with Gasteiger partial charge in [0, 0.05) is 6.42 Å². The quantitative estimate of drug-likeness (QED) is 0.438. The van der Waals surface area contributed by atoms with E-state index in [4.69, 9.17) is 9.47 Å². The SMILES string of the molecule is CCOC(=O)CCCC(CC(C)CC)OC=O. The average molecular weight is 244 g/mol. The molecule has 0 aromatic rings. The van der Waals surface area contributed by atoms with Crippen molar-refractivity contribution >= 4 is 12.4 Å². The fourth-order valence-corrected chi connectivity index (χ4v) is 1.64. The Morgan fingerprint density at radius 3 is 2.59 bits per heavy atom. The van der Waals surface area contributed by atoms with Crippen molar-refractivity contribution in [1.82, 2.24) is 0 Å². The van der Waals surface area contributed by atoms with Gasteiger partial charge < -0.3 is 9.47 Å². The van der Waals surface area contributed by atoms with Crippen molar-refractivity contribution in [3.8, 4) is 0 Å². The number of ether oxygens (including phenoxy) is 2. The highest BCUT2D eigenvalue weighted by molar-refractivity contribution is 5.69. The number of carbonyl (C=O) groups excluding carboxylic acids is 2. The van der Waals surface area contributed by atoms with Crippen LogP contribution in [0.25, 0.3) is 0 Å². The van der Waals surface area contributed by atoms with Crippen molar-refractivity contribution in [1.29, 1.82) is 0 Å². The molecule has 4 heteroatoms. The van der Waals surface area contributed by atoms with E-state index in [0.717, 1.165) is 19.3 Å². The Morgan fingerprint density at radius 1 is 1.35 bits per heavy atom. The number of carbonyl (C=O) groups is 2. The Bertz CT molecular complexity index is 215. The summed E-state index contributed by atoms with van der Waals surface area (Å²) in [6, 6.07) is 0. The van der Waals surface area contributed by atoms with Crippen molar-refractivity contribution < 1.29 is 19.1 Å². The topological polar surface area (TPSA) is 52.6 Å². The van der Waals surface area contributed by atoms with E-state index in [0.29, 0.717) is 31.8 Å². The van der Waals surface area contributed by atoms with Crippen LogP contribution in [0.2, 0.25) is 0 Å². The lowest BCUT2D eigenvalue weighted by Gasteiger charge is -2.18. The van der Waals surface area contributed by atoms with Crippen molar-refractivity contribution in [3.05, 3.63) is 0 Å². The molecule has 0 aliphatic carbocycles. The molecule has 0 saturated heterocycles. The summed E-state index contributed by atoms with van der Waals surface area (Å²) < 4.78 is 9.86. The van der Waals surface area contributed by atoms with Crippen LogP contribution in [-0.4, -0.2) is 25.2 Å². The predicted octanol–water partition coefficient (Wildman–Crippen LogP) is 2.70. The number of hydrogen-bond acceptors (Lipinski definition) is 4. The highest BCUT2D eigenvalue weighted by Gasteiger charge is 2.14. The van der Waals surface area contributed by atoms with Gasteiger partial charge in [0.15, 0.2) is 0 Å². The van der Waals surface area contributed by atoms with E-state index < -0.39 is 0 Å². The molecule has 17 heavy (non-hydrogen) atoms. The number of esters is 1. The Labute approximate surface area is 104 Å². The van der Waals surface area contributed by atoms with Gasteiger partial charge in [-0.1, -0.05) is 20.3 Å². The molecule has 100 valence electrons. The second-order valence-electron chi connectivity index (χ2n) is 4.30. The molecule has 0 radical (unpaired) electrons. The molecule has 0 aliphatic rings. The minimum atomic E-state index is -0.180. The first-order valence-corrected chi connectivity index (χ1v) is 6.38. The van der Waals surface area contributed by atoms with E-state index in [-0.39, 0.29) is 12.1 Å². The Hall–Kier alpha value is -1.06. The van der Waals surface area contributed by atoms with Crippen LogP contribution in [0.15, 0.2) is 0 Å². The molecule has 0 heterocycles. The zero-order valence-electron chi connectivity index (χ0n) is 11.1. The summed E-state index contributed by atoms with van der Waals surface area (Å²) in [5, 5.41) is 0. The molecule has 2 atom stereocenters. The summed E-state index contributed by atoms with van der Waals surface area (Å²) in [6.45, 7) is 6.95. The van der Waals surface area contributed by atoms with Gasteiger partial charge >= 0.3 is 5.97 Å². The van der Waals surface area contributed by atoms with Crippen LogP contribution in [0.4, 0.5) is 0 Å². The molecular formula is C13H24O4. The van der Waals surface area contributed by atoms with Crippen LogP contribution in [0.5, 0.6) is 0 Å². The smallest absolute Gasteiger partial charge is 0.305 e. The minimum absolute atomic E-state index is 0.0723. The largest absolute Gasteiger partial charge is 0.466 e. The van der Waals surface area contributed by atoms with Gasteiger partial charge in [0.05, 0.1) is 6.61 Å². The lowest BCUT2D eigenvalue weighted by Crippen LogP contribution is -2.16. The molecule has 0 aromatic carbocycles. The van der Waals surface area contributed by atoms with Crippen LogP contribution in [0.1, 0.15) is 52.9 Å². The third-order valence-electron chi connectivity index (χ3n) is 2.82. The van der Waals surface area contributed by atoms with Crippen molar-refractivity contribution in [2.24, 2.45) is 5.92 Å². The molecule has 0 saturated carbocycles. The molecule has 0 aliphatic heterocycles. The standard InChI is InChI=1S/C13H24O4/c1-4-11(3)9-12(17-10-14)7-6-8-13(15)16-5-2/h10-12H,4-9H2,1-3H3. The Balaban J connectivity index is 3.83. The molecule has 2 unspecified atom stereocenters. The monoisotopic (exact) mass is 244 g/mol. The first-order chi connectivity index (χ1) is 8.13. The van der Waals surface area contributed by atoms with Crippen LogP contribution in [0, 0.1) is 5.92 Å². The van der Waals surface area contributed by atoms with Gasteiger partial charge in [-0.2, -0.15) is 0 Å². The van der Waals surface area contributed by atoms with Gasteiger partial charge in [0.2, 0.25) is 0 Å². The minimum Gasteiger partial charge on any atom is -0.466 e. The zero-order chi connectivity index (χ0) is 13.1. The maximum atomic E-state index is 11.1. The molecule has 0 fully saturated rings. The second-order valence-corrected chi connectivity index (χ2v) is 4.30. The first-order valence-electron chi connectivity index (χ1n) is 6.38. The Kier molecular flexibility index (Phi) is 9.49. The summed E-state index contributed by atoms with van der Waals surface area (Å²) in [6.07, 6.45) is 3.68. The molecule has 0 N–H and O–H groups in total. The molecule has 0 aromatic heterocycles. The van der Waals surface area contributed by atoms with Crippen molar-refractivity contribution in [2.75, 3.05) is 6.61 Å². The fraction of sp³-hybridized carbons (Fsp3) is 0.846. The zero-order valence-corrected chi connectivity index (χ0v) is 11.1. The van der Waals surface area contributed by atoms with Crippen molar-refractivity contribution in [3.63, 3.8) is 0 Å². The highest BCUT2D eigenvalue weighted by atomic mass is 16.5. The van der Waals surface area contributed by atoms with E-state index >= 15 is 0 Å². The van der Waals surface area contributed by atoms with E-state index in [9.17, 15) is 9.59 Å². The molecule has 0 bridgehead atoms. The summed E-state index contributed by atoms with van der Waals surface area (Å²) in [4.78, 5) is 21.5. The third kappa shape index (κ3) is 8.72. The van der Waals surface area contributed by atoms with Crippen LogP contribution in [0.3, 0.4) is 0 Å². The normalized spacial score (nSPS) is 13.8. The van der Waals surface area contributed by atoms with Crippen LogP contribution in [-0.2, 0) is 19.1 Å². The van der Waals surface area contributed by atoms with E-state index in [1.165, 1.54) is 0 Å². The first kappa shape index (κ1) is 15.9. The number of hydrogen-bond donors (Lipinski definition) is 0. The van der Waals surface area contributed by atoms with Crippen LogP contribution < -0.4 is 0 Å². The molecule has 4 nitrogen and oxygen atoms in total. The Morgan fingerprint density at radius 2 is 2.06 bits per heavy atom. The van der Waals surface area contributed by atoms with Crippen LogP contribution >= 0.6 is 0 Å². The van der Waals surface area contributed by atoms with Gasteiger partial charge in [-0.15, -0.1) is 0 Å². The third-order valence-corrected chi connectivity index (χ3v) is 2.82. The summed E-state index contributed by atoms with van der Waals surface area (Å²) >= 11 is 0. The molecule has 0 rings (SSSR count). The van der Waals surface area contributed by atoms with Gasteiger partial charge in [0.1, 0.15) is 6.10 Å².